The molecule has 0 aliphatic carbocycles. The summed E-state index contributed by atoms with van der Waals surface area (Å²) in [5.74, 6) is -1.53. The van der Waals surface area contributed by atoms with Gasteiger partial charge in [0, 0.05) is 30.3 Å². The molecule has 1 heterocycles. The zero-order valence-electron chi connectivity index (χ0n) is 15.7. The van der Waals surface area contributed by atoms with Gasteiger partial charge in [-0.05, 0) is 55.2 Å². The summed E-state index contributed by atoms with van der Waals surface area (Å²) in [6, 6.07) is 13.1. The molecule has 0 bridgehead atoms. The van der Waals surface area contributed by atoms with Gasteiger partial charge in [0.15, 0.2) is 0 Å². The lowest BCUT2D eigenvalue weighted by Gasteiger charge is -2.15. The maximum Gasteiger partial charge on any atom is 0.313 e. The Morgan fingerprint density at radius 1 is 1.00 bits per heavy atom. The van der Waals surface area contributed by atoms with E-state index in [2.05, 4.69) is 10.6 Å². The highest BCUT2D eigenvalue weighted by atomic mass is 35.5. The lowest BCUT2D eigenvalue weighted by atomic mass is 10.1. The highest BCUT2D eigenvalue weighted by Gasteiger charge is 2.26. The largest absolute Gasteiger partial charge is 0.347 e. The fourth-order valence-electron chi connectivity index (χ4n) is 3.06. The van der Waals surface area contributed by atoms with Crippen LogP contribution >= 0.6 is 11.6 Å². The average Bonchev–Trinajstić information content (AvgIpc) is 3.24. The monoisotopic (exact) mass is 435 g/mol. The molecule has 1 aliphatic rings. The van der Waals surface area contributed by atoms with E-state index in [4.69, 9.17) is 11.6 Å². The molecule has 0 atom stereocenters. The minimum Gasteiger partial charge on any atom is -0.347 e. The van der Waals surface area contributed by atoms with E-state index in [1.54, 1.807) is 48.5 Å². The number of rotatable bonds is 6. The molecule has 1 fully saturated rings. The highest BCUT2D eigenvalue weighted by Crippen LogP contribution is 2.21. The Labute approximate surface area is 175 Å². The Morgan fingerprint density at radius 3 is 2.34 bits per heavy atom. The first-order valence-electron chi connectivity index (χ1n) is 9.30. The number of carbonyl (C=O) groups is 2. The van der Waals surface area contributed by atoms with Crippen molar-refractivity contribution in [2.45, 2.75) is 24.2 Å². The molecule has 1 aliphatic heterocycles. The standard InChI is InChI=1S/C20H22ClN3O4S/c21-16-4-3-5-17(14-16)23-20(26)19(25)22-11-10-15-6-8-18(9-7-15)29(27,28)24-12-1-2-13-24/h3-9,14H,1-2,10-13H2,(H,22,25)(H,23,26). The third-order valence-electron chi connectivity index (χ3n) is 4.61. The molecule has 0 spiro atoms. The maximum atomic E-state index is 12.5. The molecule has 3 rings (SSSR count). The second kappa shape index (κ2) is 9.39. The van der Waals surface area contributed by atoms with Crippen LogP contribution in [0.3, 0.4) is 0 Å². The van der Waals surface area contributed by atoms with Crippen molar-refractivity contribution in [2.75, 3.05) is 25.0 Å². The molecule has 154 valence electrons. The third-order valence-corrected chi connectivity index (χ3v) is 6.76. The average molecular weight is 436 g/mol. The van der Waals surface area contributed by atoms with Crippen LogP contribution in [0.15, 0.2) is 53.4 Å². The number of carbonyl (C=O) groups excluding carboxylic acids is 2. The minimum atomic E-state index is -3.43. The van der Waals surface area contributed by atoms with Gasteiger partial charge in [0.2, 0.25) is 10.0 Å². The minimum absolute atomic E-state index is 0.250. The molecule has 2 amide bonds. The SMILES string of the molecule is O=C(NCCc1ccc(S(=O)(=O)N2CCCC2)cc1)C(=O)Nc1cccc(Cl)c1. The van der Waals surface area contributed by atoms with Gasteiger partial charge in [-0.25, -0.2) is 8.42 Å². The summed E-state index contributed by atoms with van der Waals surface area (Å²) >= 11 is 5.84. The van der Waals surface area contributed by atoms with Crippen LogP contribution in [-0.2, 0) is 26.0 Å². The van der Waals surface area contributed by atoms with Crippen LogP contribution in [0.2, 0.25) is 5.02 Å². The Hall–Kier alpha value is -2.42. The van der Waals surface area contributed by atoms with E-state index in [1.807, 2.05) is 0 Å². The molecule has 2 aromatic rings. The van der Waals surface area contributed by atoms with Crippen LogP contribution in [-0.4, -0.2) is 44.2 Å². The Bertz CT molecular complexity index is 987. The molecule has 0 unspecified atom stereocenters. The predicted molar refractivity (Wildman–Crippen MR) is 111 cm³/mol. The van der Waals surface area contributed by atoms with Gasteiger partial charge in [-0.2, -0.15) is 4.31 Å². The summed E-state index contributed by atoms with van der Waals surface area (Å²) in [7, 11) is -3.43. The van der Waals surface area contributed by atoms with Gasteiger partial charge >= 0.3 is 11.8 Å². The topological polar surface area (TPSA) is 95.6 Å². The number of anilines is 1. The quantitative estimate of drug-likeness (QED) is 0.681. The van der Waals surface area contributed by atoms with E-state index < -0.39 is 21.8 Å². The highest BCUT2D eigenvalue weighted by molar-refractivity contribution is 7.89. The number of hydrogen-bond acceptors (Lipinski definition) is 4. The number of benzene rings is 2. The van der Waals surface area contributed by atoms with Crippen molar-refractivity contribution in [1.82, 2.24) is 9.62 Å². The van der Waals surface area contributed by atoms with Crippen molar-refractivity contribution >= 4 is 39.1 Å². The van der Waals surface area contributed by atoms with Crippen LogP contribution in [0.25, 0.3) is 0 Å². The molecule has 2 aromatic carbocycles. The van der Waals surface area contributed by atoms with Crippen LogP contribution in [0.4, 0.5) is 5.69 Å². The molecule has 0 aromatic heterocycles. The number of amides is 2. The van der Waals surface area contributed by atoms with Crippen molar-refractivity contribution in [1.29, 1.82) is 0 Å². The number of sulfonamides is 1. The van der Waals surface area contributed by atoms with E-state index in [-0.39, 0.29) is 11.4 Å². The lowest BCUT2D eigenvalue weighted by Crippen LogP contribution is -2.36. The van der Waals surface area contributed by atoms with Gasteiger partial charge in [0.05, 0.1) is 4.90 Å². The van der Waals surface area contributed by atoms with Gasteiger partial charge in [-0.3, -0.25) is 9.59 Å². The molecule has 7 nitrogen and oxygen atoms in total. The van der Waals surface area contributed by atoms with Gasteiger partial charge in [0.25, 0.3) is 0 Å². The molecule has 0 radical (unpaired) electrons. The van der Waals surface area contributed by atoms with Crippen LogP contribution in [0.5, 0.6) is 0 Å². The van der Waals surface area contributed by atoms with Crippen LogP contribution in [0.1, 0.15) is 18.4 Å². The molecule has 29 heavy (non-hydrogen) atoms. The van der Waals surface area contributed by atoms with Crippen molar-refractivity contribution in [3.05, 3.63) is 59.1 Å². The fraction of sp³-hybridized carbons (Fsp3) is 0.300. The number of hydrogen-bond donors (Lipinski definition) is 2. The van der Waals surface area contributed by atoms with E-state index >= 15 is 0 Å². The van der Waals surface area contributed by atoms with Gasteiger partial charge in [-0.1, -0.05) is 29.8 Å². The molecular formula is C20H22ClN3O4S. The molecule has 0 saturated carbocycles. The molecular weight excluding hydrogens is 414 g/mol. The normalized spacial score (nSPS) is 14.5. The van der Waals surface area contributed by atoms with Gasteiger partial charge in [0.1, 0.15) is 0 Å². The second-order valence-corrected chi connectivity index (χ2v) is 9.10. The van der Waals surface area contributed by atoms with E-state index in [0.29, 0.717) is 30.2 Å². The predicted octanol–water partition coefficient (Wildman–Crippen LogP) is 2.42. The van der Waals surface area contributed by atoms with Crippen molar-refractivity contribution < 1.29 is 18.0 Å². The first-order valence-corrected chi connectivity index (χ1v) is 11.1. The number of nitrogens with one attached hydrogen (secondary N) is 2. The van der Waals surface area contributed by atoms with E-state index in [9.17, 15) is 18.0 Å². The molecule has 2 N–H and O–H groups in total. The Balaban J connectivity index is 1.48. The summed E-state index contributed by atoms with van der Waals surface area (Å²) in [4.78, 5) is 24.1. The van der Waals surface area contributed by atoms with Crippen LogP contribution < -0.4 is 10.6 Å². The first-order chi connectivity index (χ1) is 13.9. The smallest absolute Gasteiger partial charge is 0.313 e. The fourth-order valence-corrected chi connectivity index (χ4v) is 4.77. The maximum absolute atomic E-state index is 12.5. The van der Waals surface area contributed by atoms with Gasteiger partial charge in [-0.15, -0.1) is 0 Å². The zero-order chi connectivity index (χ0) is 20.9. The number of halogens is 1. The summed E-state index contributed by atoms with van der Waals surface area (Å²) in [6.45, 7) is 1.38. The van der Waals surface area contributed by atoms with Crippen molar-refractivity contribution in [2.24, 2.45) is 0 Å². The van der Waals surface area contributed by atoms with Gasteiger partial charge < -0.3 is 10.6 Å². The molecule has 9 heteroatoms. The van der Waals surface area contributed by atoms with Crippen molar-refractivity contribution in [3.63, 3.8) is 0 Å². The van der Waals surface area contributed by atoms with E-state index in [1.165, 1.54) is 4.31 Å². The summed E-state index contributed by atoms with van der Waals surface area (Å²) in [5.41, 5.74) is 1.30. The summed E-state index contributed by atoms with van der Waals surface area (Å²) < 4.78 is 26.5. The lowest BCUT2D eigenvalue weighted by molar-refractivity contribution is -0.136. The summed E-state index contributed by atoms with van der Waals surface area (Å²) in [6.07, 6.45) is 2.25. The summed E-state index contributed by atoms with van der Waals surface area (Å²) in [5, 5.41) is 5.48. The van der Waals surface area contributed by atoms with Crippen molar-refractivity contribution in [3.8, 4) is 0 Å². The second-order valence-electron chi connectivity index (χ2n) is 6.73. The number of nitrogens with zero attached hydrogens (tertiary/aromatic N) is 1. The third kappa shape index (κ3) is 5.56. The Kier molecular flexibility index (Phi) is 6.89. The first kappa shape index (κ1) is 21.3. The van der Waals surface area contributed by atoms with E-state index in [0.717, 1.165) is 18.4 Å². The molecule has 1 saturated heterocycles. The van der Waals surface area contributed by atoms with Crippen LogP contribution in [0, 0.1) is 0 Å². The Morgan fingerprint density at radius 2 is 1.69 bits per heavy atom. The zero-order valence-corrected chi connectivity index (χ0v) is 17.3.